The number of hydrogen-bond acceptors (Lipinski definition) is 19. The molecule has 0 saturated carbocycles. The molecule has 2 fully saturated rings. The molecular weight excluding hydrogens is 748 g/mol. The zero-order valence-corrected chi connectivity index (χ0v) is 29.2. The SMILES string of the molecule is COc1cc(/C=C/C(=O)O[C@H]2[C@@H](O[C@@H]3[C@@H](O)[C@@H](O)[C@@H](Oc4c(-c5ccc(O)cc5)oc5cc(O)cc(O)c5c4=O)O[C@H]3CO)O[C@H](CO)[C@H](O)[C@@H]2O)ccc1O. The predicted molar refractivity (Wildman–Crippen MR) is 188 cm³/mol. The Morgan fingerprint density at radius 3 is 2.12 bits per heavy atom. The number of hydrogen-bond donors (Lipinski definition) is 10. The first-order valence-corrected chi connectivity index (χ1v) is 16.9. The van der Waals surface area contributed by atoms with Gasteiger partial charge in [-0.2, -0.15) is 0 Å². The lowest BCUT2D eigenvalue weighted by Gasteiger charge is -2.46. The number of fused-ring (bicyclic) bond motifs is 1. The molecule has 19 nitrogen and oxygen atoms in total. The third-order valence-corrected chi connectivity index (χ3v) is 9.09. The highest BCUT2D eigenvalue weighted by atomic mass is 16.7. The van der Waals surface area contributed by atoms with Crippen LogP contribution in [0.4, 0.5) is 0 Å². The van der Waals surface area contributed by atoms with Gasteiger partial charge in [0.15, 0.2) is 29.7 Å². The van der Waals surface area contributed by atoms with Gasteiger partial charge in [0.1, 0.15) is 70.9 Å². The maximum Gasteiger partial charge on any atom is 0.331 e. The van der Waals surface area contributed by atoms with Crippen LogP contribution in [0.2, 0.25) is 0 Å². The van der Waals surface area contributed by atoms with Gasteiger partial charge in [0.2, 0.25) is 17.5 Å². The number of carbonyl (C=O) groups is 1. The summed E-state index contributed by atoms with van der Waals surface area (Å²) in [6, 6.07) is 11.4. The number of esters is 1. The fourth-order valence-corrected chi connectivity index (χ4v) is 6.19. The molecule has 10 atom stereocenters. The highest BCUT2D eigenvalue weighted by Gasteiger charge is 2.52. The van der Waals surface area contributed by atoms with Gasteiger partial charge in [0.05, 0.1) is 20.3 Å². The normalized spacial score (nSPS) is 28.0. The molecule has 0 radical (unpaired) electrons. The zero-order chi connectivity index (χ0) is 40.4. The number of phenols is 4. The molecule has 6 rings (SSSR count). The first kappa shape index (κ1) is 40.2. The molecule has 3 heterocycles. The number of rotatable bonds is 11. The molecule has 56 heavy (non-hydrogen) atoms. The van der Waals surface area contributed by atoms with Gasteiger partial charge in [-0.05, 0) is 48.0 Å². The summed E-state index contributed by atoms with van der Waals surface area (Å²) in [4.78, 5) is 26.7. The van der Waals surface area contributed by atoms with Crippen molar-refractivity contribution >= 4 is 23.0 Å². The van der Waals surface area contributed by atoms with E-state index < -0.39 is 109 Å². The highest BCUT2D eigenvalue weighted by molar-refractivity contribution is 5.88. The maximum absolute atomic E-state index is 13.8. The second-order valence-corrected chi connectivity index (χ2v) is 12.8. The molecule has 0 bridgehead atoms. The Kier molecular flexibility index (Phi) is 12.0. The number of carbonyl (C=O) groups excluding carboxylic acids is 1. The van der Waals surface area contributed by atoms with Crippen LogP contribution in [0, 0.1) is 0 Å². The number of aliphatic hydroxyl groups excluding tert-OH is 6. The minimum Gasteiger partial charge on any atom is -0.508 e. The van der Waals surface area contributed by atoms with Gasteiger partial charge in [0.25, 0.3) is 0 Å². The standard InChI is InChI=1S/C37H38O19/c1-50-21-10-15(2-8-19(21)42)3-9-25(44)54-35-29(47)27(45)23(13-38)52-37(35)55-33-24(14-39)53-36(31(49)30(33)48)56-34-28(46)26-20(43)11-18(41)12-22(26)51-32(34)16-4-6-17(40)7-5-16/h2-12,23-24,27,29-31,33,35-43,45,47-49H,13-14H2,1H3/b9-3+/t23-,24+,27+,29+,30+,31-,33+,35-,36-,37-/m1/s1. The lowest BCUT2D eigenvalue weighted by molar-refractivity contribution is -0.352. The van der Waals surface area contributed by atoms with Crippen LogP contribution >= 0.6 is 0 Å². The number of benzene rings is 3. The maximum atomic E-state index is 13.8. The van der Waals surface area contributed by atoms with Crippen molar-refractivity contribution in [3.63, 3.8) is 0 Å². The number of phenolic OH excluding ortho intramolecular Hbond substituents is 4. The number of aliphatic hydroxyl groups is 6. The van der Waals surface area contributed by atoms with Crippen LogP contribution in [0.15, 0.2) is 69.9 Å². The largest absolute Gasteiger partial charge is 0.508 e. The van der Waals surface area contributed by atoms with Crippen molar-refractivity contribution < 1.29 is 88.7 Å². The van der Waals surface area contributed by atoms with E-state index >= 15 is 0 Å². The fourth-order valence-electron chi connectivity index (χ4n) is 6.19. The Morgan fingerprint density at radius 2 is 1.45 bits per heavy atom. The van der Waals surface area contributed by atoms with Crippen molar-refractivity contribution in [2.24, 2.45) is 0 Å². The van der Waals surface area contributed by atoms with Crippen molar-refractivity contribution in [3.8, 4) is 45.8 Å². The third kappa shape index (κ3) is 8.07. The number of methoxy groups -OCH3 is 1. The van der Waals surface area contributed by atoms with E-state index in [0.29, 0.717) is 5.56 Å². The van der Waals surface area contributed by atoms with E-state index in [9.17, 15) is 60.7 Å². The van der Waals surface area contributed by atoms with E-state index in [1.165, 1.54) is 55.7 Å². The molecule has 19 heteroatoms. The zero-order valence-electron chi connectivity index (χ0n) is 29.2. The molecule has 0 spiro atoms. The predicted octanol–water partition coefficient (Wildman–Crippen LogP) is -0.442. The van der Waals surface area contributed by atoms with Crippen LogP contribution in [0.5, 0.6) is 34.5 Å². The average molecular weight is 787 g/mol. The van der Waals surface area contributed by atoms with E-state index in [2.05, 4.69) is 0 Å². The van der Waals surface area contributed by atoms with E-state index in [1.807, 2.05) is 0 Å². The van der Waals surface area contributed by atoms with E-state index in [0.717, 1.165) is 18.2 Å². The Labute approximate surface area is 315 Å². The summed E-state index contributed by atoms with van der Waals surface area (Å²) in [5.41, 5.74) is -0.714. The number of ether oxygens (including phenoxy) is 6. The molecule has 2 saturated heterocycles. The van der Waals surface area contributed by atoms with Crippen molar-refractivity contribution in [2.45, 2.75) is 61.4 Å². The molecule has 0 amide bonds. The van der Waals surface area contributed by atoms with Gasteiger partial charge >= 0.3 is 5.97 Å². The average Bonchev–Trinajstić information content (AvgIpc) is 3.17. The molecule has 3 aromatic carbocycles. The summed E-state index contributed by atoms with van der Waals surface area (Å²) < 4.78 is 39.2. The molecule has 10 N–H and O–H groups in total. The molecule has 300 valence electrons. The van der Waals surface area contributed by atoms with Crippen molar-refractivity contribution in [2.75, 3.05) is 20.3 Å². The molecule has 4 aromatic rings. The Hall–Kier alpha value is -5.48. The van der Waals surface area contributed by atoms with Crippen LogP contribution in [0.1, 0.15) is 5.56 Å². The van der Waals surface area contributed by atoms with Crippen molar-refractivity contribution in [1.82, 2.24) is 0 Å². The van der Waals surface area contributed by atoms with Crippen LogP contribution in [0.25, 0.3) is 28.4 Å². The fraction of sp³-hybridized carbons (Fsp3) is 0.351. The smallest absolute Gasteiger partial charge is 0.331 e. The molecule has 2 aliphatic rings. The summed E-state index contributed by atoms with van der Waals surface area (Å²) in [5, 5.41) is 104. The molecule has 0 aliphatic carbocycles. The Balaban J connectivity index is 1.26. The molecule has 0 unspecified atom stereocenters. The van der Waals surface area contributed by atoms with Gasteiger partial charge in [-0.25, -0.2) is 4.79 Å². The Bertz CT molecular complexity index is 2110. The second kappa shape index (κ2) is 16.7. The summed E-state index contributed by atoms with van der Waals surface area (Å²) in [6.45, 7) is -1.78. The quantitative estimate of drug-likeness (QED) is 0.0680. The number of aromatic hydroxyl groups is 4. The molecular formula is C37H38O19. The van der Waals surface area contributed by atoms with Gasteiger partial charge in [-0.1, -0.05) is 6.07 Å². The van der Waals surface area contributed by atoms with Gasteiger partial charge in [-0.3, -0.25) is 4.79 Å². The lowest BCUT2D eigenvalue weighted by Crippen LogP contribution is -2.65. The van der Waals surface area contributed by atoms with Crippen molar-refractivity contribution in [1.29, 1.82) is 0 Å². The second-order valence-electron chi connectivity index (χ2n) is 12.8. The molecule has 2 aliphatic heterocycles. The van der Waals surface area contributed by atoms with E-state index in [-0.39, 0.29) is 34.2 Å². The van der Waals surface area contributed by atoms with Crippen molar-refractivity contribution in [3.05, 3.63) is 76.5 Å². The van der Waals surface area contributed by atoms with E-state index in [1.54, 1.807) is 0 Å². The van der Waals surface area contributed by atoms with Crippen LogP contribution in [-0.2, 0) is 23.7 Å². The van der Waals surface area contributed by atoms with Gasteiger partial charge < -0.3 is 83.9 Å². The van der Waals surface area contributed by atoms with Crippen LogP contribution in [-0.4, -0.2) is 139 Å². The monoisotopic (exact) mass is 786 g/mol. The lowest BCUT2D eigenvalue weighted by atomic mass is 9.96. The topological polar surface area (TPSA) is 305 Å². The summed E-state index contributed by atoms with van der Waals surface area (Å²) >= 11 is 0. The van der Waals surface area contributed by atoms with Gasteiger partial charge in [-0.15, -0.1) is 0 Å². The third-order valence-electron chi connectivity index (χ3n) is 9.09. The minimum absolute atomic E-state index is 0.115. The Morgan fingerprint density at radius 1 is 0.768 bits per heavy atom. The minimum atomic E-state index is -2.09. The van der Waals surface area contributed by atoms with Gasteiger partial charge in [0, 0.05) is 23.8 Å². The van der Waals surface area contributed by atoms with E-state index in [4.69, 9.17) is 32.8 Å². The van der Waals surface area contributed by atoms with Crippen LogP contribution < -0.4 is 14.9 Å². The van der Waals surface area contributed by atoms with Crippen LogP contribution in [0.3, 0.4) is 0 Å². The highest BCUT2D eigenvalue weighted by Crippen LogP contribution is 2.38. The summed E-state index contributed by atoms with van der Waals surface area (Å²) in [6.07, 6.45) is -16.1. The molecule has 1 aromatic heterocycles. The summed E-state index contributed by atoms with van der Waals surface area (Å²) in [7, 11) is 1.33. The first-order valence-electron chi connectivity index (χ1n) is 16.9. The summed E-state index contributed by atoms with van der Waals surface area (Å²) in [5.74, 6) is -3.34. The first-order chi connectivity index (χ1) is 26.7.